The summed E-state index contributed by atoms with van der Waals surface area (Å²) in [5.74, 6) is 0.655. The van der Waals surface area contributed by atoms with Crippen molar-refractivity contribution in [2.75, 3.05) is 26.7 Å². The second-order valence-electron chi connectivity index (χ2n) is 6.18. The van der Waals surface area contributed by atoms with Crippen LogP contribution in [-0.4, -0.2) is 43.7 Å². The number of nitrogens with one attached hydrogen (secondary N) is 1. The van der Waals surface area contributed by atoms with Gasteiger partial charge < -0.3 is 15.0 Å². The van der Waals surface area contributed by atoms with Crippen molar-refractivity contribution in [3.05, 3.63) is 29.6 Å². The molecular weight excluding hydrogens is 267 g/mol. The van der Waals surface area contributed by atoms with Crippen molar-refractivity contribution in [3.8, 4) is 5.75 Å². The quantitative estimate of drug-likeness (QED) is 0.746. The minimum absolute atomic E-state index is 0.139. The smallest absolute Gasteiger partial charge is 0.123 e. The molecule has 0 bridgehead atoms. The van der Waals surface area contributed by atoms with E-state index in [1.54, 1.807) is 12.1 Å². The molecule has 0 aromatic heterocycles. The highest BCUT2D eigenvalue weighted by Crippen LogP contribution is 2.28. The molecule has 1 N–H and O–H groups in total. The Morgan fingerprint density at radius 1 is 1.38 bits per heavy atom. The molecule has 1 atom stereocenters. The summed E-state index contributed by atoms with van der Waals surface area (Å²) in [6.45, 7) is 7.42. The fourth-order valence-electron chi connectivity index (χ4n) is 2.54. The molecule has 1 aliphatic heterocycles. The van der Waals surface area contributed by atoms with Gasteiger partial charge in [0.05, 0.1) is 0 Å². The lowest BCUT2D eigenvalue weighted by Crippen LogP contribution is -2.31. The molecule has 0 aliphatic carbocycles. The molecule has 1 aromatic rings. The van der Waals surface area contributed by atoms with Gasteiger partial charge in [0.25, 0.3) is 0 Å². The van der Waals surface area contributed by atoms with E-state index in [0.29, 0.717) is 6.04 Å². The van der Waals surface area contributed by atoms with Crippen LogP contribution in [0.25, 0.3) is 0 Å². The standard InChI is InChI=1S/C17H27FN2O/c1-13(2)20(3)9-5-4-8-19-12-16-11-14-10-15(18)6-7-17(14)21-16/h6-7,10,13,16,19H,4-5,8-9,11-12H2,1-3H3. The molecule has 21 heavy (non-hydrogen) atoms. The van der Waals surface area contributed by atoms with Crippen molar-refractivity contribution < 1.29 is 9.13 Å². The van der Waals surface area contributed by atoms with Gasteiger partial charge in [-0.25, -0.2) is 4.39 Å². The zero-order chi connectivity index (χ0) is 15.2. The van der Waals surface area contributed by atoms with Gasteiger partial charge in [0.1, 0.15) is 17.7 Å². The van der Waals surface area contributed by atoms with Crippen LogP contribution in [0, 0.1) is 5.82 Å². The van der Waals surface area contributed by atoms with Crippen LogP contribution in [0.4, 0.5) is 4.39 Å². The molecule has 3 nitrogen and oxygen atoms in total. The predicted molar refractivity (Wildman–Crippen MR) is 84.4 cm³/mol. The number of nitrogens with zero attached hydrogens (tertiary/aromatic N) is 1. The topological polar surface area (TPSA) is 24.5 Å². The molecule has 1 aromatic carbocycles. The van der Waals surface area contributed by atoms with E-state index in [0.717, 1.165) is 37.4 Å². The van der Waals surface area contributed by atoms with Gasteiger partial charge in [-0.2, -0.15) is 0 Å². The number of hydrogen-bond donors (Lipinski definition) is 1. The third-order valence-corrected chi connectivity index (χ3v) is 4.13. The minimum atomic E-state index is -0.180. The van der Waals surface area contributed by atoms with E-state index >= 15 is 0 Å². The van der Waals surface area contributed by atoms with Gasteiger partial charge in [0.2, 0.25) is 0 Å². The van der Waals surface area contributed by atoms with Gasteiger partial charge in [0, 0.05) is 24.6 Å². The zero-order valence-corrected chi connectivity index (χ0v) is 13.4. The summed E-state index contributed by atoms with van der Waals surface area (Å²) in [5, 5.41) is 3.44. The lowest BCUT2D eigenvalue weighted by molar-refractivity contribution is 0.226. The van der Waals surface area contributed by atoms with Crippen LogP contribution in [-0.2, 0) is 6.42 Å². The van der Waals surface area contributed by atoms with Crippen LogP contribution in [0.15, 0.2) is 18.2 Å². The van der Waals surface area contributed by atoms with Crippen LogP contribution in [0.1, 0.15) is 32.3 Å². The van der Waals surface area contributed by atoms with E-state index in [9.17, 15) is 4.39 Å². The van der Waals surface area contributed by atoms with Crippen molar-refractivity contribution in [3.63, 3.8) is 0 Å². The highest BCUT2D eigenvalue weighted by Gasteiger charge is 2.22. The van der Waals surface area contributed by atoms with Crippen molar-refractivity contribution in [1.82, 2.24) is 10.2 Å². The number of halogens is 1. The Balaban J connectivity index is 1.57. The summed E-state index contributed by atoms with van der Waals surface area (Å²) in [5.41, 5.74) is 0.986. The van der Waals surface area contributed by atoms with Gasteiger partial charge in [-0.05, 0) is 65.0 Å². The number of fused-ring (bicyclic) bond motifs is 1. The number of benzene rings is 1. The molecule has 0 amide bonds. The number of rotatable bonds is 8. The maximum Gasteiger partial charge on any atom is 0.123 e. The zero-order valence-electron chi connectivity index (χ0n) is 13.4. The van der Waals surface area contributed by atoms with Gasteiger partial charge >= 0.3 is 0 Å². The summed E-state index contributed by atoms with van der Waals surface area (Å²) < 4.78 is 18.9. The summed E-state index contributed by atoms with van der Waals surface area (Å²) in [7, 11) is 2.17. The second kappa shape index (κ2) is 7.76. The lowest BCUT2D eigenvalue weighted by atomic mass is 10.1. The van der Waals surface area contributed by atoms with Gasteiger partial charge in [-0.3, -0.25) is 0 Å². The maximum absolute atomic E-state index is 13.1. The average Bonchev–Trinajstić information content (AvgIpc) is 2.83. The first-order valence-electron chi connectivity index (χ1n) is 7.92. The molecule has 2 rings (SSSR count). The SMILES string of the molecule is CC(C)N(C)CCCCNCC1Cc2cc(F)ccc2O1. The van der Waals surface area contributed by atoms with Crippen molar-refractivity contribution in [2.24, 2.45) is 0 Å². The molecule has 0 fully saturated rings. The Bertz CT molecular complexity index is 450. The van der Waals surface area contributed by atoms with Crippen LogP contribution in [0.5, 0.6) is 5.75 Å². The first kappa shape index (κ1) is 16.2. The lowest BCUT2D eigenvalue weighted by Gasteiger charge is -2.20. The Hall–Kier alpha value is -1.13. The third kappa shape index (κ3) is 4.97. The van der Waals surface area contributed by atoms with Crippen LogP contribution >= 0.6 is 0 Å². The molecule has 4 heteroatoms. The molecule has 0 spiro atoms. The maximum atomic E-state index is 13.1. The predicted octanol–water partition coefficient (Wildman–Crippen LogP) is 2.84. The summed E-state index contributed by atoms with van der Waals surface area (Å²) in [4.78, 5) is 2.37. The number of ether oxygens (including phenoxy) is 1. The highest BCUT2D eigenvalue weighted by atomic mass is 19.1. The number of unbranched alkanes of at least 4 members (excludes halogenated alkanes) is 1. The summed E-state index contributed by atoms with van der Waals surface area (Å²) >= 11 is 0. The Morgan fingerprint density at radius 2 is 2.19 bits per heavy atom. The Kier molecular flexibility index (Phi) is 6.00. The van der Waals surface area contributed by atoms with Gasteiger partial charge in [-0.15, -0.1) is 0 Å². The van der Waals surface area contributed by atoms with Gasteiger partial charge in [0.15, 0.2) is 0 Å². The highest BCUT2D eigenvalue weighted by molar-refractivity contribution is 5.37. The van der Waals surface area contributed by atoms with Crippen LogP contribution in [0.3, 0.4) is 0 Å². The summed E-state index contributed by atoms with van der Waals surface area (Å²) in [6, 6.07) is 5.38. The second-order valence-corrected chi connectivity index (χ2v) is 6.18. The molecule has 1 aliphatic rings. The molecule has 0 saturated heterocycles. The Morgan fingerprint density at radius 3 is 2.95 bits per heavy atom. The molecular formula is C17H27FN2O. The largest absolute Gasteiger partial charge is 0.488 e. The Labute approximate surface area is 127 Å². The normalized spacial score (nSPS) is 17.3. The van der Waals surface area contributed by atoms with Crippen LogP contribution < -0.4 is 10.1 Å². The third-order valence-electron chi connectivity index (χ3n) is 4.13. The fraction of sp³-hybridized carbons (Fsp3) is 0.647. The van der Waals surface area contributed by atoms with Crippen molar-refractivity contribution in [1.29, 1.82) is 0 Å². The van der Waals surface area contributed by atoms with E-state index < -0.39 is 0 Å². The molecule has 0 radical (unpaired) electrons. The van der Waals surface area contributed by atoms with E-state index in [-0.39, 0.29) is 11.9 Å². The van der Waals surface area contributed by atoms with E-state index in [1.165, 1.54) is 18.9 Å². The van der Waals surface area contributed by atoms with E-state index in [1.807, 2.05) is 0 Å². The molecule has 0 saturated carbocycles. The molecule has 1 heterocycles. The molecule has 118 valence electrons. The van der Waals surface area contributed by atoms with Gasteiger partial charge in [-0.1, -0.05) is 0 Å². The minimum Gasteiger partial charge on any atom is -0.488 e. The first-order valence-corrected chi connectivity index (χ1v) is 7.92. The van der Waals surface area contributed by atoms with E-state index in [4.69, 9.17) is 4.74 Å². The number of hydrogen-bond acceptors (Lipinski definition) is 3. The van der Waals surface area contributed by atoms with E-state index in [2.05, 4.69) is 31.1 Å². The fourth-order valence-corrected chi connectivity index (χ4v) is 2.54. The van der Waals surface area contributed by atoms with Crippen molar-refractivity contribution in [2.45, 2.75) is 45.3 Å². The van der Waals surface area contributed by atoms with Crippen molar-refractivity contribution >= 4 is 0 Å². The average molecular weight is 294 g/mol. The summed E-state index contributed by atoms with van der Waals surface area (Å²) in [6.07, 6.45) is 3.32. The monoisotopic (exact) mass is 294 g/mol. The first-order chi connectivity index (χ1) is 10.1. The molecule has 1 unspecified atom stereocenters. The van der Waals surface area contributed by atoms with Crippen LogP contribution in [0.2, 0.25) is 0 Å².